The molecule has 28 heavy (non-hydrogen) atoms. The van der Waals surface area contributed by atoms with Gasteiger partial charge in [-0.25, -0.2) is 0 Å². The number of amides is 1. The number of furan rings is 1. The first-order chi connectivity index (χ1) is 13.5. The van der Waals surface area contributed by atoms with Gasteiger partial charge in [-0.1, -0.05) is 24.3 Å². The molecule has 0 spiro atoms. The first-order valence-electron chi connectivity index (χ1n) is 8.53. The van der Waals surface area contributed by atoms with Crippen molar-refractivity contribution >= 4 is 23.5 Å². The van der Waals surface area contributed by atoms with E-state index in [1.54, 1.807) is 49.4 Å². The van der Waals surface area contributed by atoms with Crippen molar-refractivity contribution in [3.63, 3.8) is 0 Å². The molecule has 8 heteroatoms. The van der Waals surface area contributed by atoms with Gasteiger partial charge in [0.15, 0.2) is 5.66 Å². The second-order valence-corrected chi connectivity index (χ2v) is 6.43. The second kappa shape index (κ2) is 6.66. The van der Waals surface area contributed by atoms with Gasteiger partial charge in [-0.15, -0.1) is 0 Å². The summed E-state index contributed by atoms with van der Waals surface area (Å²) < 4.78 is 5.26. The maximum atomic E-state index is 13.2. The molecule has 1 atom stereocenters. The number of nitrogens with zero attached hydrogens (tertiary/aromatic N) is 3. The summed E-state index contributed by atoms with van der Waals surface area (Å²) in [5.41, 5.74) is 0.413. The van der Waals surface area contributed by atoms with Gasteiger partial charge in [-0.05, 0) is 31.2 Å². The van der Waals surface area contributed by atoms with Crippen LogP contribution < -0.4 is 5.32 Å². The van der Waals surface area contributed by atoms with Crippen LogP contribution >= 0.6 is 0 Å². The van der Waals surface area contributed by atoms with E-state index < -0.39 is 10.6 Å². The molecule has 0 bridgehead atoms. The summed E-state index contributed by atoms with van der Waals surface area (Å²) in [5, 5.41) is 20.1. The van der Waals surface area contributed by atoms with Gasteiger partial charge in [0, 0.05) is 23.4 Å². The molecule has 3 aromatic rings. The largest absolute Gasteiger partial charge is 0.463 e. The Morgan fingerprint density at radius 1 is 1.18 bits per heavy atom. The van der Waals surface area contributed by atoms with E-state index >= 15 is 0 Å². The van der Waals surface area contributed by atoms with Gasteiger partial charge in [-0.3, -0.25) is 14.9 Å². The fourth-order valence-electron chi connectivity index (χ4n) is 3.17. The summed E-state index contributed by atoms with van der Waals surface area (Å²) in [6, 6.07) is 16.6. The van der Waals surface area contributed by atoms with Crippen molar-refractivity contribution in [2.24, 2.45) is 5.10 Å². The summed E-state index contributed by atoms with van der Waals surface area (Å²) in [7, 11) is 0. The molecule has 8 nitrogen and oxygen atoms in total. The minimum absolute atomic E-state index is 0.0678. The topological polar surface area (TPSA) is 101 Å². The number of nitro groups is 1. The van der Waals surface area contributed by atoms with Crippen LogP contribution in [-0.2, 0) is 5.66 Å². The lowest BCUT2D eigenvalue weighted by Crippen LogP contribution is -2.53. The lowest BCUT2D eigenvalue weighted by atomic mass is 9.95. The maximum absolute atomic E-state index is 13.2. The molecule has 1 aliphatic heterocycles. The average molecular weight is 376 g/mol. The first-order valence-corrected chi connectivity index (χ1v) is 8.53. The third-order valence-corrected chi connectivity index (χ3v) is 4.61. The zero-order chi connectivity index (χ0) is 19.7. The van der Waals surface area contributed by atoms with Crippen molar-refractivity contribution < 1.29 is 14.1 Å². The van der Waals surface area contributed by atoms with Gasteiger partial charge in [0.1, 0.15) is 5.76 Å². The third-order valence-electron chi connectivity index (χ3n) is 4.61. The average Bonchev–Trinajstić information content (AvgIpc) is 3.21. The van der Waals surface area contributed by atoms with Crippen LogP contribution in [0.5, 0.6) is 0 Å². The van der Waals surface area contributed by atoms with Crippen LogP contribution in [0.2, 0.25) is 0 Å². The van der Waals surface area contributed by atoms with Crippen LogP contribution in [0.15, 0.2) is 76.4 Å². The Morgan fingerprint density at radius 3 is 2.75 bits per heavy atom. The molecule has 0 radical (unpaired) electrons. The van der Waals surface area contributed by atoms with Gasteiger partial charge in [0.2, 0.25) is 0 Å². The van der Waals surface area contributed by atoms with E-state index in [1.165, 1.54) is 29.6 Å². The Morgan fingerprint density at radius 2 is 2.00 bits per heavy atom. The smallest absolute Gasteiger partial charge is 0.278 e. The van der Waals surface area contributed by atoms with E-state index in [1.807, 2.05) is 6.07 Å². The molecule has 1 N–H and O–H groups in total. The number of carbonyl (C=O) groups is 1. The standard InChI is InChI=1S/C20H16N4O4/c1-20(14-6-4-7-15(12-14)24(26)27)22-18-10-3-2-9-17(18)19(25)23(20)21-13-16-8-5-11-28-16/h2-13,22H,1H3/t20-/m1/s1. The summed E-state index contributed by atoms with van der Waals surface area (Å²) in [6.45, 7) is 1.75. The van der Waals surface area contributed by atoms with Crippen molar-refractivity contribution in [2.75, 3.05) is 5.32 Å². The van der Waals surface area contributed by atoms with Crippen LogP contribution in [-0.4, -0.2) is 22.1 Å². The Balaban J connectivity index is 1.85. The Bertz CT molecular complexity index is 1080. The predicted octanol–water partition coefficient (Wildman–Crippen LogP) is 3.96. The molecular weight excluding hydrogens is 360 g/mol. The number of hydrazone groups is 1. The Labute approximate surface area is 160 Å². The molecule has 2 aromatic carbocycles. The molecular formula is C20H16N4O4. The highest BCUT2D eigenvalue weighted by Gasteiger charge is 2.43. The molecule has 0 unspecified atom stereocenters. The third kappa shape index (κ3) is 2.90. The minimum atomic E-state index is -1.14. The number of nitrogens with one attached hydrogen (secondary N) is 1. The number of benzene rings is 2. The zero-order valence-corrected chi connectivity index (χ0v) is 14.9. The van der Waals surface area contributed by atoms with Crippen molar-refractivity contribution in [3.8, 4) is 0 Å². The maximum Gasteiger partial charge on any atom is 0.278 e. The van der Waals surface area contributed by atoms with Gasteiger partial charge in [0.05, 0.1) is 23.0 Å². The van der Waals surface area contributed by atoms with Gasteiger partial charge in [-0.2, -0.15) is 10.1 Å². The van der Waals surface area contributed by atoms with Crippen molar-refractivity contribution in [3.05, 3.63) is 93.9 Å². The molecule has 2 heterocycles. The van der Waals surface area contributed by atoms with Crippen LogP contribution in [0.1, 0.15) is 28.6 Å². The molecule has 0 saturated carbocycles. The fraction of sp³-hybridized carbons (Fsp3) is 0.100. The monoisotopic (exact) mass is 376 g/mol. The number of para-hydroxylation sites is 1. The normalized spacial score (nSPS) is 18.8. The molecule has 1 aromatic heterocycles. The second-order valence-electron chi connectivity index (χ2n) is 6.43. The number of anilines is 1. The highest BCUT2D eigenvalue weighted by molar-refractivity contribution is 6.02. The summed E-state index contributed by atoms with van der Waals surface area (Å²) >= 11 is 0. The van der Waals surface area contributed by atoms with E-state index in [-0.39, 0.29) is 11.6 Å². The molecule has 0 aliphatic carbocycles. The molecule has 0 saturated heterocycles. The van der Waals surface area contributed by atoms with Gasteiger partial charge < -0.3 is 9.73 Å². The Kier molecular flexibility index (Phi) is 4.15. The van der Waals surface area contributed by atoms with Gasteiger partial charge >= 0.3 is 0 Å². The highest BCUT2D eigenvalue weighted by Crippen LogP contribution is 2.38. The molecule has 4 rings (SSSR count). The van der Waals surface area contributed by atoms with Crippen molar-refractivity contribution in [1.82, 2.24) is 5.01 Å². The molecule has 140 valence electrons. The van der Waals surface area contributed by atoms with Crippen LogP contribution in [0.3, 0.4) is 0 Å². The molecule has 1 aliphatic rings. The van der Waals surface area contributed by atoms with E-state index in [0.29, 0.717) is 22.6 Å². The van der Waals surface area contributed by atoms with Gasteiger partial charge in [0.25, 0.3) is 11.6 Å². The lowest BCUT2D eigenvalue weighted by Gasteiger charge is -2.43. The van der Waals surface area contributed by atoms with Crippen molar-refractivity contribution in [2.45, 2.75) is 12.6 Å². The molecule has 0 fully saturated rings. The number of carbonyl (C=O) groups excluding carboxylic acids is 1. The summed E-state index contributed by atoms with van der Waals surface area (Å²) in [4.78, 5) is 23.9. The number of hydrogen-bond donors (Lipinski definition) is 1. The lowest BCUT2D eigenvalue weighted by molar-refractivity contribution is -0.385. The van der Waals surface area contributed by atoms with Crippen LogP contribution in [0.4, 0.5) is 11.4 Å². The van der Waals surface area contributed by atoms with E-state index in [0.717, 1.165) is 0 Å². The first kappa shape index (κ1) is 17.5. The SMILES string of the molecule is C[C@@]1(c2cccc([N+](=O)[O-])c2)Nc2ccccc2C(=O)N1N=Cc1ccco1. The quantitative estimate of drug-likeness (QED) is 0.422. The summed E-state index contributed by atoms with van der Waals surface area (Å²) in [6.07, 6.45) is 2.94. The van der Waals surface area contributed by atoms with E-state index in [2.05, 4.69) is 10.4 Å². The molecule has 1 amide bonds. The van der Waals surface area contributed by atoms with Crippen LogP contribution in [0, 0.1) is 10.1 Å². The predicted molar refractivity (Wildman–Crippen MR) is 103 cm³/mol. The number of fused-ring (bicyclic) bond motifs is 1. The number of rotatable bonds is 4. The highest BCUT2D eigenvalue weighted by atomic mass is 16.6. The number of hydrogen-bond acceptors (Lipinski definition) is 6. The van der Waals surface area contributed by atoms with E-state index in [9.17, 15) is 14.9 Å². The Hall–Kier alpha value is -3.94. The number of non-ortho nitro benzene ring substituents is 1. The minimum Gasteiger partial charge on any atom is -0.463 e. The fourth-order valence-corrected chi connectivity index (χ4v) is 3.17. The van der Waals surface area contributed by atoms with Crippen molar-refractivity contribution in [1.29, 1.82) is 0 Å². The number of nitro benzene ring substituents is 1. The van der Waals surface area contributed by atoms with E-state index in [4.69, 9.17) is 4.42 Å². The zero-order valence-electron chi connectivity index (χ0n) is 14.9. The summed E-state index contributed by atoms with van der Waals surface area (Å²) in [5.74, 6) is 0.152. The van der Waals surface area contributed by atoms with Crippen LogP contribution in [0.25, 0.3) is 0 Å².